The molecule has 0 saturated carbocycles. The molecule has 0 spiro atoms. The number of nitrogens with two attached hydrogens (primary N) is 1. The first kappa shape index (κ1) is 10.8. The summed E-state index contributed by atoms with van der Waals surface area (Å²) in [6.45, 7) is 2.44. The summed E-state index contributed by atoms with van der Waals surface area (Å²) in [5, 5.41) is 16.8. The molecule has 0 aliphatic carbocycles. The summed E-state index contributed by atoms with van der Waals surface area (Å²) in [6.07, 6.45) is 1.52. The van der Waals surface area contributed by atoms with Crippen LogP contribution in [0.3, 0.4) is 0 Å². The number of hydrogen-bond acceptors (Lipinski definition) is 6. The summed E-state index contributed by atoms with van der Waals surface area (Å²) in [4.78, 5) is 1.99. The maximum Gasteiger partial charge on any atom is 0.169 e. The third kappa shape index (κ3) is 2.10. The fraction of sp³-hybridized carbons (Fsp3) is 0.500. The number of ether oxygens (including phenoxy) is 1. The van der Waals surface area contributed by atoms with E-state index in [0.717, 1.165) is 0 Å². The van der Waals surface area contributed by atoms with Crippen LogP contribution in [0.1, 0.15) is 5.56 Å². The Bertz CT molecular complexity index is 402. The zero-order valence-electron chi connectivity index (χ0n) is 8.83. The van der Waals surface area contributed by atoms with Crippen LogP contribution in [-0.4, -0.2) is 42.5 Å². The van der Waals surface area contributed by atoms with Crippen molar-refractivity contribution in [3.63, 3.8) is 0 Å². The standard InChI is InChI=1S/C10H13N5O/c11-5-8-1-2-13-14-10(8)15-3-4-16-9(6-12)7-15/h1-2,9H,3-4,6-7,12H2. The number of rotatable bonds is 2. The van der Waals surface area contributed by atoms with Crippen molar-refractivity contribution >= 4 is 5.82 Å². The highest BCUT2D eigenvalue weighted by Crippen LogP contribution is 2.17. The molecule has 1 atom stereocenters. The van der Waals surface area contributed by atoms with Gasteiger partial charge in [0.1, 0.15) is 6.07 Å². The molecule has 6 heteroatoms. The van der Waals surface area contributed by atoms with Gasteiger partial charge < -0.3 is 15.4 Å². The van der Waals surface area contributed by atoms with Gasteiger partial charge in [0.25, 0.3) is 0 Å². The minimum Gasteiger partial charge on any atom is -0.373 e. The van der Waals surface area contributed by atoms with Crippen LogP contribution in [0, 0.1) is 11.3 Å². The van der Waals surface area contributed by atoms with Crippen LogP contribution in [0.25, 0.3) is 0 Å². The minimum absolute atomic E-state index is 0.00213. The number of hydrogen-bond donors (Lipinski definition) is 1. The van der Waals surface area contributed by atoms with Gasteiger partial charge in [-0.25, -0.2) is 0 Å². The molecule has 1 saturated heterocycles. The van der Waals surface area contributed by atoms with Crippen LogP contribution in [0.4, 0.5) is 5.82 Å². The summed E-state index contributed by atoms with van der Waals surface area (Å²) in [5.41, 5.74) is 6.10. The minimum atomic E-state index is 0.00213. The largest absolute Gasteiger partial charge is 0.373 e. The zero-order chi connectivity index (χ0) is 11.4. The molecule has 1 aliphatic heterocycles. The molecule has 1 aromatic rings. The van der Waals surface area contributed by atoms with E-state index >= 15 is 0 Å². The van der Waals surface area contributed by atoms with Crippen LogP contribution in [0.2, 0.25) is 0 Å². The molecule has 1 aromatic heterocycles. The summed E-state index contributed by atoms with van der Waals surface area (Å²) in [7, 11) is 0. The summed E-state index contributed by atoms with van der Waals surface area (Å²) in [6, 6.07) is 3.77. The van der Waals surface area contributed by atoms with Crippen LogP contribution in [0.15, 0.2) is 12.3 Å². The maximum absolute atomic E-state index is 8.97. The maximum atomic E-state index is 8.97. The van der Waals surface area contributed by atoms with E-state index in [2.05, 4.69) is 16.3 Å². The fourth-order valence-electron chi connectivity index (χ4n) is 1.70. The monoisotopic (exact) mass is 219 g/mol. The fourth-order valence-corrected chi connectivity index (χ4v) is 1.70. The molecule has 84 valence electrons. The van der Waals surface area contributed by atoms with Crippen molar-refractivity contribution < 1.29 is 4.74 Å². The lowest BCUT2D eigenvalue weighted by molar-refractivity contribution is 0.0462. The Balaban J connectivity index is 2.20. The second-order valence-electron chi connectivity index (χ2n) is 3.55. The molecule has 0 radical (unpaired) electrons. The average molecular weight is 219 g/mol. The number of nitriles is 1. The predicted molar refractivity (Wildman–Crippen MR) is 57.8 cm³/mol. The highest BCUT2D eigenvalue weighted by atomic mass is 16.5. The average Bonchev–Trinajstić information content (AvgIpc) is 2.38. The Morgan fingerprint density at radius 1 is 1.69 bits per heavy atom. The van der Waals surface area contributed by atoms with Crippen molar-refractivity contribution in [1.29, 1.82) is 5.26 Å². The zero-order valence-corrected chi connectivity index (χ0v) is 8.83. The molecule has 6 nitrogen and oxygen atoms in total. The lowest BCUT2D eigenvalue weighted by Crippen LogP contribution is -2.46. The lowest BCUT2D eigenvalue weighted by atomic mass is 10.2. The summed E-state index contributed by atoms with van der Waals surface area (Å²) < 4.78 is 5.45. The Morgan fingerprint density at radius 2 is 2.56 bits per heavy atom. The molecule has 2 rings (SSSR count). The van der Waals surface area contributed by atoms with E-state index in [0.29, 0.717) is 37.6 Å². The molecular formula is C10H13N5O. The van der Waals surface area contributed by atoms with E-state index in [1.165, 1.54) is 6.20 Å². The molecule has 16 heavy (non-hydrogen) atoms. The van der Waals surface area contributed by atoms with E-state index in [4.69, 9.17) is 15.7 Å². The van der Waals surface area contributed by atoms with Crippen LogP contribution in [-0.2, 0) is 4.74 Å². The van der Waals surface area contributed by atoms with E-state index < -0.39 is 0 Å². The van der Waals surface area contributed by atoms with Gasteiger partial charge in [-0.2, -0.15) is 10.4 Å². The predicted octanol–water partition coefficient (Wildman–Crippen LogP) is -0.488. The van der Waals surface area contributed by atoms with Crippen molar-refractivity contribution in [2.24, 2.45) is 5.73 Å². The van der Waals surface area contributed by atoms with Crippen molar-refractivity contribution in [3.8, 4) is 6.07 Å². The third-order valence-corrected chi connectivity index (χ3v) is 2.52. The van der Waals surface area contributed by atoms with Crippen LogP contribution in [0.5, 0.6) is 0 Å². The number of anilines is 1. The molecule has 0 bridgehead atoms. The first-order valence-electron chi connectivity index (χ1n) is 5.13. The van der Waals surface area contributed by atoms with Crippen molar-refractivity contribution in [2.45, 2.75) is 6.10 Å². The van der Waals surface area contributed by atoms with Gasteiger partial charge in [0.2, 0.25) is 0 Å². The van der Waals surface area contributed by atoms with E-state index in [9.17, 15) is 0 Å². The molecular weight excluding hydrogens is 206 g/mol. The number of nitrogens with zero attached hydrogens (tertiary/aromatic N) is 4. The van der Waals surface area contributed by atoms with Gasteiger partial charge in [-0.05, 0) is 6.07 Å². The van der Waals surface area contributed by atoms with Gasteiger partial charge in [-0.1, -0.05) is 0 Å². The number of aromatic nitrogens is 2. The second kappa shape index (κ2) is 4.88. The van der Waals surface area contributed by atoms with Gasteiger partial charge in [-0.3, -0.25) is 0 Å². The van der Waals surface area contributed by atoms with Gasteiger partial charge >= 0.3 is 0 Å². The van der Waals surface area contributed by atoms with Gasteiger partial charge in [0.05, 0.1) is 24.5 Å². The van der Waals surface area contributed by atoms with Crippen LogP contribution < -0.4 is 10.6 Å². The summed E-state index contributed by atoms with van der Waals surface area (Å²) in [5.74, 6) is 0.617. The van der Waals surface area contributed by atoms with Crippen molar-refractivity contribution in [1.82, 2.24) is 10.2 Å². The van der Waals surface area contributed by atoms with Gasteiger partial charge in [0, 0.05) is 19.6 Å². The quantitative estimate of drug-likeness (QED) is 0.722. The lowest BCUT2D eigenvalue weighted by Gasteiger charge is -2.33. The Labute approximate surface area is 93.6 Å². The molecule has 2 heterocycles. The Hall–Kier alpha value is -1.71. The first-order valence-corrected chi connectivity index (χ1v) is 5.13. The topological polar surface area (TPSA) is 88.1 Å². The highest BCUT2D eigenvalue weighted by molar-refractivity contribution is 5.52. The summed E-state index contributed by atoms with van der Waals surface area (Å²) >= 11 is 0. The highest BCUT2D eigenvalue weighted by Gasteiger charge is 2.22. The Morgan fingerprint density at radius 3 is 3.31 bits per heavy atom. The van der Waals surface area contributed by atoms with E-state index in [-0.39, 0.29) is 6.10 Å². The Kier molecular flexibility index (Phi) is 3.29. The molecule has 2 N–H and O–H groups in total. The molecule has 0 amide bonds. The normalized spacial score (nSPS) is 20.5. The van der Waals surface area contributed by atoms with Gasteiger partial charge in [0.15, 0.2) is 5.82 Å². The SMILES string of the molecule is N#Cc1ccnnc1N1CCOC(CN)C1. The first-order chi connectivity index (χ1) is 7.85. The third-order valence-electron chi connectivity index (χ3n) is 2.52. The molecule has 1 fully saturated rings. The van der Waals surface area contributed by atoms with Crippen molar-refractivity contribution in [3.05, 3.63) is 17.8 Å². The van der Waals surface area contributed by atoms with E-state index in [1.54, 1.807) is 6.07 Å². The van der Waals surface area contributed by atoms with Crippen LogP contribution >= 0.6 is 0 Å². The second-order valence-corrected chi connectivity index (χ2v) is 3.55. The molecule has 0 aromatic carbocycles. The smallest absolute Gasteiger partial charge is 0.169 e. The van der Waals surface area contributed by atoms with Gasteiger partial charge in [-0.15, -0.1) is 5.10 Å². The van der Waals surface area contributed by atoms with E-state index in [1.807, 2.05) is 4.90 Å². The van der Waals surface area contributed by atoms with Crippen molar-refractivity contribution in [2.75, 3.05) is 31.1 Å². The molecule has 1 unspecified atom stereocenters. The molecule has 1 aliphatic rings. The number of morpholine rings is 1.